The minimum absolute atomic E-state index is 0.0495. The molecule has 2 aromatic carbocycles. The number of hydrogen-bond donors (Lipinski definition) is 3. The van der Waals surface area contributed by atoms with Crippen LogP contribution in [0.2, 0.25) is 0 Å². The van der Waals surface area contributed by atoms with Crippen molar-refractivity contribution in [1.29, 1.82) is 0 Å². The lowest BCUT2D eigenvalue weighted by atomic mass is 10.2. The van der Waals surface area contributed by atoms with Gasteiger partial charge >= 0.3 is 0 Å². The van der Waals surface area contributed by atoms with E-state index in [1.54, 1.807) is 6.20 Å². The molecule has 9 nitrogen and oxygen atoms in total. The van der Waals surface area contributed by atoms with Gasteiger partial charge in [0.25, 0.3) is 5.69 Å². The normalized spacial score (nSPS) is 11.9. The van der Waals surface area contributed by atoms with Gasteiger partial charge in [0, 0.05) is 28.7 Å². The van der Waals surface area contributed by atoms with Gasteiger partial charge in [-0.15, -0.1) is 0 Å². The topological polar surface area (TPSA) is 143 Å². The first kappa shape index (κ1) is 16.6. The van der Waals surface area contributed by atoms with E-state index in [1.807, 2.05) is 24.3 Å². The summed E-state index contributed by atoms with van der Waals surface area (Å²) in [5.74, 6) is 0. The molecule has 0 saturated carbocycles. The molecule has 0 fully saturated rings. The highest BCUT2D eigenvalue weighted by Gasteiger charge is 2.18. The third-order valence-corrected chi connectivity index (χ3v) is 4.42. The molecule has 1 aromatic heterocycles. The Morgan fingerprint density at radius 1 is 1.24 bits per heavy atom. The highest BCUT2D eigenvalue weighted by molar-refractivity contribution is 7.89. The molecule has 0 spiro atoms. The summed E-state index contributed by atoms with van der Waals surface area (Å²) in [6, 6.07) is 10.9. The van der Waals surface area contributed by atoms with Crippen molar-refractivity contribution in [1.82, 2.24) is 4.98 Å². The standard InChI is InChI=1S/C15H13N5O4S/c16-25(23,24)11-5-6-14(15(7-11)20(21)22)19-18-9-10-8-17-13-4-2-1-3-12(10)13/h1-9,17,19H,(H2,16,23,24). The molecule has 0 bridgehead atoms. The molecule has 128 valence electrons. The number of hydrogen-bond acceptors (Lipinski definition) is 6. The quantitative estimate of drug-likeness (QED) is 0.363. The van der Waals surface area contributed by atoms with Gasteiger partial charge in [0.15, 0.2) is 0 Å². The molecule has 1 heterocycles. The molecule has 0 amide bonds. The van der Waals surface area contributed by atoms with Crippen LogP contribution in [0.25, 0.3) is 10.9 Å². The molecule has 3 aromatic rings. The molecule has 10 heteroatoms. The number of nitrogens with one attached hydrogen (secondary N) is 2. The summed E-state index contributed by atoms with van der Waals surface area (Å²) in [6.45, 7) is 0. The van der Waals surface area contributed by atoms with Crippen molar-refractivity contribution in [3.05, 3.63) is 64.3 Å². The Morgan fingerprint density at radius 3 is 2.72 bits per heavy atom. The summed E-state index contributed by atoms with van der Waals surface area (Å²) in [4.78, 5) is 13.2. The average molecular weight is 359 g/mol. The molecule has 0 aliphatic carbocycles. The molecule has 0 saturated heterocycles. The minimum Gasteiger partial charge on any atom is -0.361 e. The first-order valence-corrected chi connectivity index (χ1v) is 8.57. The van der Waals surface area contributed by atoms with E-state index < -0.39 is 20.6 Å². The number of anilines is 1. The number of nitro groups is 1. The third-order valence-electron chi connectivity index (χ3n) is 3.50. The van der Waals surface area contributed by atoms with Crippen molar-refractivity contribution >= 4 is 38.5 Å². The van der Waals surface area contributed by atoms with E-state index in [0.717, 1.165) is 22.5 Å². The number of sulfonamides is 1. The van der Waals surface area contributed by atoms with Crippen LogP contribution in [0.5, 0.6) is 0 Å². The predicted molar refractivity (Wildman–Crippen MR) is 94.0 cm³/mol. The number of nitro benzene ring substituents is 1. The maximum Gasteiger partial charge on any atom is 0.295 e. The smallest absolute Gasteiger partial charge is 0.295 e. The van der Waals surface area contributed by atoms with Crippen molar-refractivity contribution in [2.45, 2.75) is 4.90 Å². The Bertz CT molecular complexity index is 1090. The Morgan fingerprint density at radius 2 is 2.00 bits per heavy atom. The van der Waals surface area contributed by atoms with Crippen molar-refractivity contribution in [3.8, 4) is 0 Å². The maximum atomic E-state index is 11.3. The van der Waals surface area contributed by atoms with E-state index in [-0.39, 0.29) is 10.6 Å². The van der Waals surface area contributed by atoms with Gasteiger partial charge in [0.1, 0.15) is 5.69 Å². The van der Waals surface area contributed by atoms with Gasteiger partial charge in [-0.05, 0) is 18.2 Å². The molecule has 0 aliphatic heterocycles. The van der Waals surface area contributed by atoms with Crippen LogP contribution in [-0.4, -0.2) is 24.5 Å². The molecule has 0 unspecified atom stereocenters. The van der Waals surface area contributed by atoms with Crippen LogP contribution in [-0.2, 0) is 10.0 Å². The lowest BCUT2D eigenvalue weighted by molar-refractivity contribution is -0.384. The van der Waals surface area contributed by atoms with Gasteiger partial charge in [-0.2, -0.15) is 5.10 Å². The van der Waals surface area contributed by atoms with E-state index in [9.17, 15) is 18.5 Å². The Kier molecular flexibility index (Phi) is 4.21. The van der Waals surface area contributed by atoms with Crippen LogP contribution in [0.3, 0.4) is 0 Å². The number of aromatic amines is 1. The Balaban J connectivity index is 1.89. The molecule has 0 atom stereocenters. The van der Waals surface area contributed by atoms with Crippen LogP contribution in [0.15, 0.2) is 58.7 Å². The third kappa shape index (κ3) is 3.49. The molecule has 4 N–H and O–H groups in total. The second-order valence-corrected chi connectivity index (χ2v) is 6.70. The van der Waals surface area contributed by atoms with Crippen LogP contribution in [0.4, 0.5) is 11.4 Å². The Labute approximate surface area is 142 Å². The van der Waals surface area contributed by atoms with Crippen molar-refractivity contribution in [2.24, 2.45) is 10.2 Å². The number of nitrogens with two attached hydrogens (primary N) is 1. The fourth-order valence-corrected chi connectivity index (χ4v) is 2.84. The van der Waals surface area contributed by atoms with Gasteiger partial charge in [-0.3, -0.25) is 15.5 Å². The van der Waals surface area contributed by atoms with Crippen LogP contribution in [0, 0.1) is 10.1 Å². The van der Waals surface area contributed by atoms with E-state index in [1.165, 1.54) is 18.3 Å². The van der Waals surface area contributed by atoms with E-state index in [2.05, 4.69) is 15.5 Å². The van der Waals surface area contributed by atoms with E-state index in [0.29, 0.717) is 0 Å². The zero-order valence-corrected chi connectivity index (χ0v) is 13.5. The zero-order chi connectivity index (χ0) is 18.0. The van der Waals surface area contributed by atoms with Crippen LogP contribution < -0.4 is 10.6 Å². The lowest BCUT2D eigenvalue weighted by Gasteiger charge is -2.04. The first-order chi connectivity index (χ1) is 11.9. The largest absolute Gasteiger partial charge is 0.361 e. The second kappa shape index (κ2) is 6.34. The highest BCUT2D eigenvalue weighted by Crippen LogP contribution is 2.27. The highest BCUT2D eigenvalue weighted by atomic mass is 32.2. The van der Waals surface area contributed by atoms with Crippen molar-refractivity contribution in [3.63, 3.8) is 0 Å². The average Bonchev–Trinajstić information content (AvgIpc) is 2.97. The molecule has 3 rings (SSSR count). The lowest BCUT2D eigenvalue weighted by Crippen LogP contribution is -2.12. The summed E-state index contributed by atoms with van der Waals surface area (Å²) in [7, 11) is -4.03. The van der Waals surface area contributed by atoms with Crippen molar-refractivity contribution < 1.29 is 13.3 Å². The predicted octanol–water partition coefficient (Wildman–Crippen LogP) is 2.17. The molecule has 25 heavy (non-hydrogen) atoms. The van der Waals surface area contributed by atoms with E-state index >= 15 is 0 Å². The number of hydrazone groups is 1. The summed E-state index contributed by atoms with van der Waals surface area (Å²) >= 11 is 0. The maximum absolute atomic E-state index is 11.3. The number of benzene rings is 2. The molecule has 0 aliphatic rings. The fourth-order valence-electron chi connectivity index (χ4n) is 2.31. The van der Waals surface area contributed by atoms with Gasteiger partial charge in [-0.25, -0.2) is 13.6 Å². The summed E-state index contributed by atoms with van der Waals surface area (Å²) in [5, 5.41) is 21.1. The number of nitrogens with zero attached hydrogens (tertiary/aromatic N) is 2. The number of rotatable bonds is 5. The van der Waals surface area contributed by atoms with E-state index in [4.69, 9.17) is 5.14 Å². The van der Waals surface area contributed by atoms with Gasteiger partial charge in [-0.1, -0.05) is 18.2 Å². The Hall–Kier alpha value is -3.24. The molecular formula is C15H13N5O4S. The van der Waals surface area contributed by atoms with Crippen LogP contribution >= 0.6 is 0 Å². The summed E-state index contributed by atoms with van der Waals surface area (Å²) < 4.78 is 22.6. The number of fused-ring (bicyclic) bond motifs is 1. The monoisotopic (exact) mass is 359 g/mol. The zero-order valence-electron chi connectivity index (χ0n) is 12.7. The minimum atomic E-state index is -4.03. The number of aromatic nitrogens is 1. The number of H-pyrrole nitrogens is 1. The number of primary sulfonamides is 1. The fraction of sp³-hybridized carbons (Fsp3) is 0. The summed E-state index contributed by atoms with van der Waals surface area (Å²) in [6.07, 6.45) is 3.27. The van der Waals surface area contributed by atoms with Crippen LogP contribution in [0.1, 0.15) is 5.56 Å². The first-order valence-electron chi connectivity index (χ1n) is 7.03. The van der Waals surface area contributed by atoms with Gasteiger partial charge in [0.2, 0.25) is 10.0 Å². The molecular weight excluding hydrogens is 346 g/mol. The number of para-hydroxylation sites is 1. The van der Waals surface area contributed by atoms with Gasteiger partial charge in [0.05, 0.1) is 16.0 Å². The van der Waals surface area contributed by atoms with Crippen molar-refractivity contribution in [2.75, 3.05) is 5.43 Å². The molecule has 0 radical (unpaired) electrons. The SMILES string of the molecule is NS(=O)(=O)c1ccc(NN=Cc2c[nH]c3ccccc23)c([N+](=O)[O-])c1. The second-order valence-electron chi connectivity index (χ2n) is 5.14. The summed E-state index contributed by atoms with van der Waals surface area (Å²) in [5.41, 5.74) is 3.90. The van der Waals surface area contributed by atoms with Gasteiger partial charge < -0.3 is 4.98 Å².